The molecule has 3 aliphatic heterocycles. The minimum Gasteiger partial charge on any atom is -0.481 e. The molecule has 2 bridgehead atoms. The number of aromatic amines is 1. The number of hydrogen-bond acceptors (Lipinski definition) is 3. The van der Waals surface area contributed by atoms with Crippen LogP contribution in [-0.4, -0.2) is 42.2 Å². The normalized spacial score (nSPS) is 25.9. The third kappa shape index (κ3) is 2.62. The van der Waals surface area contributed by atoms with E-state index in [0.717, 1.165) is 37.3 Å². The number of fused-ring (bicyclic) bond motifs is 6. The van der Waals surface area contributed by atoms with Crippen molar-refractivity contribution >= 4 is 21.8 Å². The number of aromatic nitrogens is 1. The van der Waals surface area contributed by atoms with Crippen LogP contribution in [0.1, 0.15) is 26.2 Å². The highest BCUT2D eigenvalue weighted by atomic mass is 16.5. The monoisotopic (exact) mass is 375 g/mol. The van der Waals surface area contributed by atoms with Crippen LogP contribution in [0.15, 0.2) is 54.2 Å². The largest absolute Gasteiger partial charge is 0.481 e. The van der Waals surface area contributed by atoms with E-state index in [1.54, 1.807) is 0 Å². The number of ether oxygens (including phenoxy) is 1. The Labute approximate surface area is 166 Å². The van der Waals surface area contributed by atoms with Gasteiger partial charge >= 0.3 is 0 Å². The van der Waals surface area contributed by atoms with Gasteiger partial charge in [-0.1, -0.05) is 24.3 Å². The van der Waals surface area contributed by atoms with Crippen LogP contribution in [-0.2, 0) is 0 Å². The van der Waals surface area contributed by atoms with E-state index in [1.807, 2.05) is 7.05 Å². The summed E-state index contributed by atoms with van der Waals surface area (Å²) < 4.78 is 6.92. The predicted octanol–water partition coefficient (Wildman–Crippen LogP) is 4.68. The van der Waals surface area contributed by atoms with Crippen molar-refractivity contribution < 1.29 is 4.74 Å². The van der Waals surface area contributed by atoms with E-state index < -0.39 is 0 Å². The van der Waals surface area contributed by atoms with Gasteiger partial charge in [-0.3, -0.25) is 0 Å². The lowest BCUT2D eigenvalue weighted by Gasteiger charge is -2.55. The fourth-order valence-corrected chi connectivity index (χ4v) is 5.43. The lowest BCUT2D eigenvalue weighted by molar-refractivity contribution is -0.0568. The summed E-state index contributed by atoms with van der Waals surface area (Å²) in [7, 11) is 2.03. The first-order valence-electron chi connectivity index (χ1n) is 10.5. The number of benzene rings is 2. The van der Waals surface area contributed by atoms with Gasteiger partial charge in [0.15, 0.2) is 5.60 Å². The minimum atomic E-state index is -0.228. The van der Waals surface area contributed by atoms with Crippen LogP contribution in [0.2, 0.25) is 0 Å². The zero-order chi connectivity index (χ0) is 19.1. The van der Waals surface area contributed by atoms with Crippen LogP contribution in [0, 0.1) is 5.92 Å². The molecule has 3 aromatic rings. The van der Waals surface area contributed by atoms with E-state index >= 15 is 0 Å². The zero-order valence-corrected chi connectivity index (χ0v) is 16.8. The average molecular weight is 376 g/mol. The van der Waals surface area contributed by atoms with Gasteiger partial charge in [0.1, 0.15) is 5.75 Å². The van der Waals surface area contributed by atoms with Crippen LogP contribution in [0.25, 0.3) is 21.8 Å². The molecule has 3 saturated heterocycles. The van der Waals surface area contributed by atoms with E-state index in [-0.39, 0.29) is 5.60 Å². The Morgan fingerprint density at radius 1 is 1.14 bits per heavy atom. The number of rotatable bonds is 5. The second-order valence-corrected chi connectivity index (χ2v) is 8.16. The quantitative estimate of drug-likeness (QED) is 0.680. The molecule has 4 heteroatoms. The lowest BCUT2D eigenvalue weighted by Crippen LogP contribution is -2.60. The van der Waals surface area contributed by atoms with Crippen molar-refractivity contribution in [1.82, 2.24) is 15.2 Å². The van der Waals surface area contributed by atoms with Crippen LogP contribution in [0.4, 0.5) is 0 Å². The number of allylic oxidation sites excluding steroid dienone is 1. The van der Waals surface area contributed by atoms with Crippen molar-refractivity contribution in [2.75, 3.05) is 26.7 Å². The van der Waals surface area contributed by atoms with Crippen LogP contribution in [0.3, 0.4) is 0 Å². The van der Waals surface area contributed by atoms with Gasteiger partial charge in [0, 0.05) is 47.8 Å². The predicted molar refractivity (Wildman–Crippen MR) is 116 cm³/mol. The molecule has 146 valence electrons. The van der Waals surface area contributed by atoms with Crippen LogP contribution in [0.5, 0.6) is 5.75 Å². The summed E-state index contributed by atoms with van der Waals surface area (Å²) >= 11 is 0. The third-order valence-electron chi connectivity index (χ3n) is 6.73. The molecule has 1 aromatic heterocycles. The molecule has 0 amide bonds. The first kappa shape index (κ1) is 17.6. The van der Waals surface area contributed by atoms with Gasteiger partial charge in [0.2, 0.25) is 0 Å². The van der Waals surface area contributed by atoms with Crippen LogP contribution >= 0.6 is 0 Å². The van der Waals surface area contributed by atoms with Gasteiger partial charge < -0.3 is 19.9 Å². The Balaban J connectivity index is 1.56. The second kappa shape index (κ2) is 6.85. The summed E-state index contributed by atoms with van der Waals surface area (Å²) in [4.78, 5) is 6.09. The number of nitrogens with zero attached hydrogens (tertiary/aromatic N) is 1. The number of H-pyrrole nitrogens is 1. The van der Waals surface area contributed by atoms with E-state index in [0.29, 0.717) is 5.92 Å². The van der Waals surface area contributed by atoms with Gasteiger partial charge in [0.05, 0.1) is 11.2 Å². The summed E-state index contributed by atoms with van der Waals surface area (Å²) in [6, 6.07) is 15.0. The highest BCUT2D eigenvalue weighted by Crippen LogP contribution is 2.47. The highest BCUT2D eigenvalue weighted by Gasteiger charge is 2.51. The number of hydrogen-bond donors (Lipinski definition) is 2. The molecule has 2 aromatic carbocycles. The number of nitrogens with one attached hydrogen (secondary N) is 2. The molecule has 0 aliphatic carbocycles. The average Bonchev–Trinajstić information content (AvgIpc) is 3.11. The lowest BCUT2D eigenvalue weighted by atomic mass is 9.70. The molecule has 1 atom stereocenters. The zero-order valence-electron chi connectivity index (χ0n) is 16.8. The van der Waals surface area contributed by atoms with Crippen LogP contribution < -0.4 is 10.1 Å². The van der Waals surface area contributed by atoms with Crippen molar-refractivity contribution in [2.24, 2.45) is 5.92 Å². The maximum atomic E-state index is 6.92. The summed E-state index contributed by atoms with van der Waals surface area (Å²) in [5.74, 6) is 1.54. The smallest absolute Gasteiger partial charge is 0.152 e. The van der Waals surface area contributed by atoms with Crippen molar-refractivity contribution in [3.05, 3.63) is 54.2 Å². The maximum absolute atomic E-state index is 6.92. The molecule has 28 heavy (non-hydrogen) atoms. The fraction of sp³-hybridized carbons (Fsp3) is 0.417. The molecular weight excluding hydrogens is 346 g/mol. The van der Waals surface area contributed by atoms with Gasteiger partial charge in [0.25, 0.3) is 0 Å². The highest BCUT2D eigenvalue weighted by molar-refractivity contribution is 6.07. The van der Waals surface area contributed by atoms with Gasteiger partial charge in [-0.2, -0.15) is 0 Å². The first-order valence-corrected chi connectivity index (χ1v) is 10.5. The van der Waals surface area contributed by atoms with Gasteiger partial charge in [-0.05, 0) is 51.6 Å². The van der Waals surface area contributed by atoms with E-state index in [4.69, 9.17) is 4.74 Å². The van der Waals surface area contributed by atoms with E-state index in [1.165, 1.54) is 34.8 Å². The Bertz CT molecular complexity index is 1030. The summed E-state index contributed by atoms with van der Waals surface area (Å²) in [5.41, 5.74) is 3.47. The summed E-state index contributed by atoms with van der Waals surface area (Å²) in [6.07, 6.45) is 5.71. The van der Waals surface area contributed by atoms with E-state index in [9.17, 15) is 0 Å². The molecule has 0 spiro atoms. The first-order chi connectivity index (χ1) is 13.7. The second-order valence-electron chi connectivity index (χ2n) is 8.16. The van der Waals surface area contributed by atoms with Gasteiger partial charge in [-0.25, -0.2) is 0 Å². The number of para-hydroxylation sites is 1. The van der Waals surface area contributed by atoms with Crippen molar-refractivity contribution in [1.29, 1.82) is 0 Å². The third-order valence-corrected chi connectivity index (χ3v) is 6.73. The molecule has 3 fully saturated rings. The molecule has 0 radical (unpaired) electrons. The molecule has 4 heterocycles. The Hall–Kier alpha value is -2.46. The fourth-order valence-electron chi connectivity index (χ4n) is 5.43. The van der Waals surface area contributed by atoms with Crippen molar-refractivity contribution in [2.45, 2.75) is 31.8 Å². The summed E-state index contributed by atoms with van der Waals surface area (Å²) in [5, 5.41) is 5.87. The molecule has 6 rings (SSSR count). The Kier molecular flexibility index (Phi) is 4.31. The topological polar surface area (TPSA) is 40.3 Å². The minimum absolute atomic E-state index is 0.228. The van der Waals surface area contributed by atoms with E-state index in [2.05, 4.69) is 70.7 Å². The Morgan fingerprint density at radius 2 is 1.93 bits per heavy atom. The number of piperidine rings is 3. The SMILES string of the molecule is CC=C1N2CCC(CC2)C1(CCNC)Oc1ccc2c(c1)[nH]c1ccccc12. The molecule has 2 N–H and O–H groups in total. The summed E-state index contributed by atoms with van der Waals surface area (Å²) in [6.45, 7) is 5.44. The standard InChI is InChI=1S/C24H29N3O/c1-3-23-24(12-13-25-2,17-10-14-27(23)15-11-17)28-18-8-9-20-19-6-4-5-7-21(19)26-22(20)16-18/h3-9,16-17,25-26H,10-15H2,1-2H3. The Morgan fingerprint density at radius 3 is 2.71 bits per heavy atom. The maximum Gasteiger partial charge on any atom is 0.152 e. The molecular formula is C24H29N3O. The van der Waals surface area contributed by atoms with Crippen molar-refractivity contribution in [3.8, 4) is 5.75 Å². The molecule has 4 nitrogen and oxygen atoms in total. The molecule has 0 saturated carbocycles. The van der Waals surface area contributed by atoms with Crippen molar-refractivity contribution in [3.63, 3.8) is 0 Å². The van der Waals surface area contributed by atoms with Gasteiger partial charge in [-0.15, -0.1) is 0 Å². The molecule has 3 aliphatic rings. The molecule has 1 unspecified atom stereocenters.